The van der Waals surface area contributed by atoms with Crippen LogP contribution in [0.2, 0.25) is 0 Å². The van der Waals surface area contributed by atoms with Crippen molar-refractivity contribution in [2.24, 2.45) is 0 Å². The summed E-state index contributed by atoms with van der Waals surface area (Å²) in [5.74, 6) is 0.164. The molecule has 0 N–H and O–H groups in total. The monoisotopic (exact) mass is 769 g/mol. The molecule has 0 fully saturated rings. The molecule has 0 spiro atoms. The second-order valence-corrected chi connectivity index (χ2v) is 13.8. The Morgan fingerprint density at radius 2 is 0.864 bits per heavy atom. The minimum absolute atomic E-state index is 0.00792. The van der Waals surface area contributed by atoms with Gasteiger partial charge in [-0.05, 0) is 78.5 Å². The first-order chi connectivity index (χ1) is 37.1. The quantitative estimate of drug-likeness (QED) is 0.161. The first kappa shape index (κ1) is 20.1. The van der Waals surface area contributed by atoms with Gasteiger partial charge < -0.3 is 0 Å². The van der Waals surface area contributed by atoms with Gasteiger partial charge in [-0.1, -0.05) is 218 Å². The molecule has 1 heterocycles. The largest absolute Gasteiger partial charge is 0.228 e. The van der Waals surface area contributed by atoms with E-state index in [0.29, 0.717) is 61.0 Å². The molecule has 1 aliphatic rings. The summed E-state index contributed by atoms with van der Waals surface area (Å²) in [6.07, 6.45) is 0. The molecule has 9 aromatic carbocycles. The van der Waals surface area contributed by atoms with Crippen LogP contribution in [0, 0.1) is 0 Å². The minimum Gasteiger partial charge on any atom is -0.228 e. The number of aromatic nitrogens is 2. The van der Waals surface area contributed by atoms with Crippen molar-refractivity contribution in [2.75, 3.05) is 0 Å². The maximum atomic E-state index is 9.44. The summed E-state index contributed by atoms with van der Waals surface area (Å²) >= 11 is 0. The van der Waals surface area contributed by atoms with Gasteiger partial charge >= 0.3 is 0 Å². The molecule has 10 aromatic rings. The van der Waals surface area contributed by atoms with E-state index in [1.165, 1.54) is 6.07 Å². The zero-order chi connectivity index (χ0) is 55.7. The zero-order valence-electron chi connectivity index (χ0n) is 49.9. The van der Waals surface area contributed by atoms with Crippen LogP contribution < -0.4 is 0 Å². The summed E-state index contributed by atoms with van der Waals surface area (Å²) in [6, 6.07) is 21.3. The summed E-state index contributed by atoms with van der Waals surface area (Å²) < 4.78 is 169. The van der Waals surface area contributed by atoms with Crippen molar-refractivity contribution in [1.29, 1.82) is 0 Å². The maximum absolute atomic E-state index is 9.44. The van der Waals surface area contributed by atoms with Gasteiger partial charge in [0, 0.05) is 16.7 Å². The Morgan fingerprint density at radius 3 is 1.58 bits per heavy atom. The molecule has 1 aliphatic carbocycles. The lowest BCUT2D eigenvalue weighted by Gasteiger charge is -2.34. The summed E-state index contributed by atoms with van der Waals surface area (Å²) in [6.45, 7) is 0. The number of nitrogens with zero attached hydrogens (tertiary/aromatic N) is 2. The third-order valence-electron chi connectivity index (χ3n) is 10.7. The van der Waals surface area contributed by atoms with Crippen molar-refractivity contribution in [3.8, 4) is 67.3 Å². The van der Waals surface area contributed by atoms with E-state index < -0.39 is 131 Å². The van der Waals surface area contributed by atoms with Gasteiger partial charge in [-0.3, -0.25) is 0 Å². The first-order valence-electron chi connectivity index (χ1n) is 28.2. The van der Waals surface area contributed by atoms with Crippen LogP contribution >= 0.6 is 0 Å². The standard InChI is InChI=1S/C57H38N2/c1-5-17-39(18-6-1)40-29-31-41(32-30-40)54-38-55(59-56(58-54)42-19-7-2-8-20-42)51-36-35-46(47-25-13-14-26-48(47)51)43-33-34-50-49-27-15-16-28-52(49)57(53(50)37-43,44-21-9-3-10-22-44)45-23-11-4-12-24-45/h1-38H/i1D,3D,4D,5D,6D,9D,10D,11D,12D,17D,18D,21D,22D,23D,24D,29D,30D,31D,32D. The number of benzene rings is 9. The molecule has 2 heteroatoms. The minimum atomic E-state index is -2.07. The Morgan fingerprint density at radius 1 is 0.339 bits per heavy atom. The van der Waals surface area contributed by atoms with Crippen LogP contribution in [0.1, 0.15) is 48.3 Å². The number of fused-ring (bicyclic) bond motifs is 4. The summed E-state index contributed by atoms with van der Waals surface area (Å²) in [5, 5.41) is 1.30. The average Bonchev–Trinajstić information content (AvgIpc) is 3.81. The highest BCUT2D eigenvalue weighted by Gasteiger charge is 2.46. The van der Waals surface area contributed by atoms with E-state index in [9.17, 15) is 8.22 Å². The predicted octanol–water partition coefficient (Wildman–Crippen LogP) is 14.3. The Bertz CT molecular complexity index is 4090. The van der Waals surface area contributed by atoms with Crippen molar-refractivity contribution in [3.05, 3.63) is 252 Å². The topological polar surface area (TPSA) is 25.8 Å². The Hall–Kier alpha value is -7.68. The molecule has 0 unspecified atom stereocenters. The summed E-state index contributed by atoms with van der Waals surface area (Å²) in [5.41, 5.74) is 0.449. The van der Waals surface area contributed by atoms with Crippen molar-refractivity contribution >= 4 is 10.8 Å². The molecule has 1 aromatic heterocycles. The zero-order valence-corrected chi connectivity index (χ0v) is 30.9. The van der Waals surface area contributed by atoms with Crippen LogP contribution in [-0.2, 0) is 5.41 Å². The molecule has 0 atom stereocenters. The van der Waals surface area contributed by atoms with E-state index in [-0.39, 0.29) is 28.2 Å². The molecule has 0 amide bonds. The molecule has 0 radical (unpaired) electrons. The van der Waals surface area contributed by atoms with Crippen LogP contribution in [0.5, 0.6) is 0 Å². The molecule has 0 saturated carbocycles. The Balaban J connectivity index is 1.16. The lowest BCUT2D eigenvalue weighted by molar-refractivity contribution is 0.769. The normalized spacial score (nSPS) is 17.1. The third-order valence-corrected chi connectivity index (χ3v) is 10.7. The van der Waals surface area contributed by atoms with E-state index in [1.807, 2.05) is 42.5 Å². The Kier molecular flexibility index (Phi) is 4.90. The average molecular weight is 770 g/mol. The van der Waals surface area contributed by atoms with Gasteiger partial charge in [0.1, 0.15) is 0 Å². The number of hydrogen-bond donors (Lipinski definition) is 0. The molecule has 0 bridgehead atoms. The van der Waals surface area contributed by atoms with Crippen molar-refractivity contribution in [1.82, 2.24) is 9.97 Å². The van der Waals surface area contributed by atoms with E-state index in [2.05, 4.69) is 0 Å². The second-order valence-electron chi connectivity index (χ2n) is 13.8. The summed E-state index contributed by atoms with van der Waals surface area (Å²) in [7, 11) is 0. The predicted molar refractivity (Wildman–Crippen MR) is 244 cm³/mol. The molecule has 0 saturated heterocycles. The molecular formula is C57H38N2. The maximum Gasteiger partial charge on any atom is 0.160 e. The number of hydrogen-bond acceptors (Lipinski definition) is 2. The van der Waals surface area contributed by atoms with Crippen LogP contribution in [0.3, 0.4) is 0 Å². The van der Waals surface area contributed by atoms with Crippen molar-refractivity contribution in [2.45, 2.75) is 5.41 Å². The Labute approximate surface area is 371 Å². The first-order valence-corrected chi connectivity index (χ1v) is 18.7. The second kappa shape index (κ2) is 14.4. The molecule has 0 aliphatic heterocycles. The van der Waals surface area contributed by atoms with E-state index in [0.717, 1.165) is 0 Å². The van der Waals surface area contributed by atoms with Crippen LogP contribution in [0.4, 0.5) is 0 Å². The van der Waals surface area contributed by atoms with Crippen LogP contribution in [0.15, 0.2) is 230 Å². The lowest BCUT2D eigenvalue weighted by atomic mass is 9.67. The van der Waals surface area contributed by atoms with Gasteiger partial charge in [-0.25, -0.2) is 9.97 Å². The van der Waals surface area contributed by atoms with E-state index >= 15 is 0 Å². The number of rotatable bonds is 7. The highest BCUT2D eigenvalue weighted by molar-refractivity contribution is 6.05. The molecular weight excluding hydrogens is 713 g/mol. The van der Waals surface area contributed by atoms with Gasteiger partial charge in [0.05, 0.1) is 42.8 Å². The molecule has 2 nitrogen and oxygen atoms in total. The SMILES string of the molecule is [2H]c1c([2H])c([2H])c(-c2c([2H])c([2H])c(-c3cc(-c4ccc(-c5ccc6c(c5)C(c5c([2H])c([2H])c([2H])c([2H])c5[2H])(c5c([2H])c([2H])c([2H])c([2H])c5[2H])c5ccccc5-6)c5ccccc45)nc(-c4ccccc4)n3)c([2H])c2[2H])c([2H])c1[2H]. The third kappa shape index (κ3) is 5.80. The van der Waals surface area contributed by atoms with Crippen molar-refractivity contribution in [3.63, 3.8) is 0 Å². The smallest absolute Gasteiger partial charge is 0.160 e. The van der Waals surface area contributed by atoms with E-state index in [4.69, 9.17) is 27.8 Å². The van der Waals surface area contributed by atoms with Gasteiger partial charge in [0.2, 0.25) is 0 Å². The fourth-order valence-electron chi connectivity index (χ4n) is 8.13. The fourth-order valence-corrected chi connectivity index (χ4v) is 8.13. The summed E-state index contributed by atoms with van der Waals surface area (Å²) in [4.78, 5) is 9.80. The van der Waals surface area contributed by atoms with Crippen LogP contribution in [-0.4, -0.2) is 9.97 Å². The van der Waals surface area contributed by atoms with Gasteiger partial charge in [-0.15, -0.1) is 0 Å². The van der Waals surface area contributed by atoms with Crippen molar-refractivity contribution < 1.29 is 26.0 Å². The van der Waals surface area contributed by atoms with Gasteiger partial charge in [0.25, 0.3) is 0 Å². The molecule has 11 rings (SSSR count). The lowest BCUT2D eigenvalue weighted by Crippen LogP contribution is -2.28. The van der Waals surface area contributed by atoms with Gasteiger partial charge in [-0.2, -0.15) is 0 Å². The highest BCUT2D eigenvalue weighted by Crippen LogP contribution is 2.57. The van der Waals surface area contributed by atoms with Gasteiger partial charge in [0.15, 0.2) is 5.82 Å². The fraction of sp³-hybridized carbons (Fsp3) is 0.0175. The molecule has 59 heavy (non-hydrogen) atoms. The highest BCUT2D eigenvalue weighted by atomic mass is 14.9. The van der Waals surface area contributed by atoms with E-state index in [1.54, 1.807) is 66.7 Å². The van der Waals surface area contributed by atoms with Crippen LogP contribution in [0.25, 0.3) is 78.1 Å². The molecule has 276 valence electrons.